The monoisotopic (exact) mass is 328 g/mol. The average molecular weight is 328 g/mol. The molecule has 0 amide bonds. The summed E-state index contributed by atoms with van der Waals surface area (Å²) in [5, 5.41) is 0.353. The maximum absolute atomic E-state index is 13.4. The van der Waals surface area contributed by atoms with E-state index in [4.69, 9.17) is 5.73 Å². The van der Waals surface area contributed by atoms with Crippen molar-refractivity contribution in [2.24, 2.45) is 10.7 Å². The molecule has 0 spiro atoms. The molecule has 6 heteroatoms. The van der Waals surface area contributed by atoms with Crippen LogP contribution in [-0.2, 0) is 0 Å². The second-order valence-electron chi connectivity index (χ2n) is 5.57. The maximum atomic E-state index is 13.4. The molecule has 1 unspecified atom stereocenters. The van der Waals surface area contributed by atoms with Gasteiger partial charge in [0.05, 0.1) is 28.5 Å². The number of aromatic nitrogens is 2. The van der Waals surface area contributed by atoms with Gasteiger partial charge < -0.3 is 5.73 Å². The number of benzene rings is 1. The van der Waals surface area contributed by atoms with E-state index in [0.717, 1.165) is 11.4 Å². The van der Waals surface area contributed by atoms with Gasteiger partial charge in [-0.05, 0) is 24.1 Å². The van der Waals surface area contributed by atoms with Crippen molar-refractivity contribution in [3.8, 4) is 0 Å². The lowest BCUT2D eigenvalue weighted by atomic mass is 10.1. The topological polar surface area (TPSA) is 64.2 Å². The predicted molar refractivity (Wildman–Crippen MR) is 92.5 cm³/mol. The Morgan fingerprint density at radius 3 is 2.70 bits per heavy atom. The van der Waals surface area contributed by atoms with E-state index in [2.05, 4.69) is 28.8 Å². The number of hydrogen-bond donors (Lipinski definition) is 1. The van der Waals surface area contributed by atoms with Crippen molar-refractivity contribution in [3.05, 3.63) is 65.5 Å². The van der Waals surface area contributed by atoms with Crippen LogP contribution in [-0.4, -0.2) is 15.1 Å². The van der Waals surface area contributed by atoms with Gasteiger partial charge in [-0.3, -0.25) is 9.97 Å². The number of amidine groups is 1. The van der Waals surface area contributed by atoms with Crippen molar-refractivity contribution in [1.29, 1.82) is 0 Å². The van der Waals surface area contributed by atoms with Gasteiger partial charge in [-0.1, -0.05) is 37.7 Å². The Hall–Kier alpha value is -2.21. The van der Waals surface area contributed by atoms with Crippen LogP contribution in [0.2, 0.25) is 0 Å². The lowest BCUT2D eigenvalue weighted by molar-refractivity contribution is 0.627. The first-order chi connectivity index (χ1) is 11.0. The lowest BCUT2D eigenvalue weighted by Gasteiger charge is -2.18. The van der Waals surface area contributed by atoms with Gasteiger partial charge in [-0.25, -0.2) is 9.38 Å². The van der Waals surface area contributed by atoms with E-state index in [1.807, 2.05) is 12.1 Å². The summed E-state index contributed by atoms with van der Waals surface area (Å²) in [6.45, 7) is 4.15. The molecule has 0 bridgehead atoms. The van der Waals surface area contributed by atoms with Crippen LogP contribution >= 0.6 is 11.8 Å². The summed E-state index contributed by atoms with van der Waals surface area (Å²) in [6, 6.07) is 6.32. The molecule has 2 N–H and O–H groups in total. The highest BCUT2D eigenvalue weighted by Crippen LogP contribution is 2.36. The maximum Gasteiger partial charge on any atom is 0.160 e. The molecule has 2 aromatic rings. The van der Waals surface area contributed by atoms with Crippen molar-refractivity contribution in [1.82, 2.24) is 9.97 Å². The Kier molecular flexibility index (Phi) is 4.43. The molecule has 1 aromatic heterocycles. The van der Waals surface area contributed by atoms with Crippen LogP contribution in [0.5, 0.6) is 0 Å². The minimum absolute atomic E-state index is 0.0838. The molecule has 1 aliphatic rings. The van der Waals surface area contributed by atoms with Crippen molar-refractivity contribution in [3.63, 3.8) is 0 Å². The Balaban J connectivity index is 1.93. The van der Waals surface area contributed by atoms with Crippen LogP contribution < -0.4 is 5.73 Å². The Bertz CT molecular complexity index is 768. The molecular weight excluding hydrogens is 311 g/mol. The van der Waals surface area contributed by atoms with Crippen molar-refractivity contribution < 1.29 is 4.39 Å². The summed E-state index contributed by atoms with van der Waals surface area (Å²) >= 11 is 1.41. The molecule has 0 aliphatic carbocycles. The molecule has 1 atom stereocenters. The highest BCUT2D eigenvalue weighted by Gasteiger charge is 2.20. The first-order valence-corrected chi connectivity index (χ1v) is 8.21. The van der Waals surface area contributed by atoms with Crippen molar-refractivity contribution in [2.75, 3.05) is 0 Å². The molecule has 0 saturated carbocycles. The van der Waals surface area contributed by atoms with E-state index in [9.17, 15) is 4.39 Å². The van der Waals surface area contributed by atoms with Gasteiger partial charge in [0.2, 0.25) is 0 Å². The van der Waals surface area contributed by atoms with Gasteiger partial charge >= 0.3 is 0 Å². The molecular formula is C17H17FN4S. The molecule has 0 saturated heterocycles. The molecule has 0 fully saturated rings. The number of nitrogens with two attached hydrogens (primary N) is 1. The summed E-state index contributed by atoms with van der Waals surface area (Å²) in [5.41, 5.74) is 9.05. The van der Waals surface area contributed by atoms with E-state index in [1.54, 1.807) is 18.5 Å². The number of thioether (sulfide) groups is 1. The molecule has 2 heterocycles. The first kappa shape index (κ1) is 15.7. The van der Waals surface area contributed by atoms with Crippen molar-refractivity contribution >= 4 is 22.6 Å². The number of rotatable bonds is 3. The fourth-order valence-electron chi connectivity index (χ4n) is 2.24. The Labute approximate surface area is 138 Å². The Morgan fingerprint density at radius 2 is 2.04 bits per heavy atom. The highest BCUT2D eigenvalue weighted by molar-refractivity contribution is 8.14. The number of aliphatic imine (C=N–C) groups is 1. The Morgan fingerprint density at radius 1 is 1.22 bits per heavy atom. The fourth-order valence-corrected chi connectivity index (χ4v) is 3.09. The zero-order valence-corrected chi connectivity index (χ0v) is 13.7. The van der Waals surface area contributed by atoms with Crippen LogP contribution in [0.3, 0.4) is 0 Å². The van der Waals surface area contributed by atoms with E-state index in [0.29, 0.717) is 22.3 Å². The van der Waals surface area contributed by atoms with Crippen LogP contribution in [0.25, 0.3) is 5.70 Å². The second kappa shape index (κ2) is 6.50. The molecule has 1 aliphatic heterocycles. The lowest BCUT2D eigenvalue weighted by Crippen LogP contribution is -2.14. The van der Waals surface area contributed by atoms with E-state index in [-0.39, 0.29) is 11.1 Å². The normalized spacial score (nSPS) is 17.8. The second-order valence-corrected chi connectivity index (χ2v) is 6.73. The fraction of sp³-hybridized carbons (Fsp3) is 0.235. The molecule has 23 heavy (non-hydrogen) atoms. The first-order valence-electron chi connectivity index (χ1n) is 7.33. The third-order valence-electron chi connectivity index (χ3n) is 3.48. The van der Waals surface area contributed by atoms with Crippen LogP contribution in [0.1, 0.15) is 42.0 Å². The third kappa shape index (κ3) is 3.59. The standard InChI is InChI=1S/C17H17FN4S/c1-10(2)14-8-21-15(9-20-14)16-7-13(22-17(19)23-16)11-4-3-5-12(18)6-11/h3-10,16H,1-2H3,(H2,19,22). The molecule has 1 aromatic carbocycles. The average Bonchev–Trinajstić information content (AvgIpc) is 2.54. The van der Waals surface area contributed by atoms with Gasteiger partial charge in [0.15, 0.2) is 5.17 Å². The quantitative estimate of drug-likeness (QED) is 0.928. The van der Waals surface area contributed by atoms with Gasteiger partial charge in [-0.15, -0.1) is 0 Å². The zero-order chi connectivity index (χ0) is 16.4. The smallest absolute Gasteiger partial charge is 0.160 e. The summed E-state index contributed by atoms with van der Waals surface area (Å²) in [6.07, 6.45) is 5.50. The number of hydrogen-bond acceptors (Lipinski definition) is 5. The summed E-state index contributed by atoms with van der Waals surface area (Å²) in [7, 11) is 0. The molecule has 118 valence electrons. The van der Waals surface area contributed by atoms with Crippen molar-refractivity contribution in [2.45, 2.75) is 25.0 Å². The minimum Gasteiger partial charge on any atom is -0.378 e. The molecule has 3 rings (SSSR count). The van der Waals surface area contributed by atoms with Gasteiger partial charge in [0, 0.05) is 11.8 Å². The SMILES string of the molecule is CC(C)c1cnc(C2C=C(c3cccc(F)c3)N=C(N)S2)cn1. The van der Waals surface area contributed by atoms with E-state index >= 15 is 0 Å². The van der Waals surface area contributed by atoms with Gasteiger partial charge in [-0.2, -0.15) is 0 Å². The molecule has 4 nitrogen and oxygen atoms in total. The number of halogens is 1. The highest BCUT2D eigenvalue weighted by atomic mass is 32.2. The van der Waals surface area contributed by atoms with E-state index in [1.165, 1.54) is 23.9 Å². The van der Waals surface area contributed by atoms with Crippen LogP contribution in [0.4, 0.5) is 4.39 Å². The zero-order valence-electron chi connectivity index (χ0n) is 12.9. The summed E-state index contributed by atoms with van der Waals surface area (Å²) < 4.78 is 13.4. The van der Waals surface area contributed by atoms with Gasteiger partial charge in [0.25, 0.3) is 0 Å². The number of nitrogens with zero attached hydrogens (tertiary/aromatic N) is 3. The summed E-state index contributed by atoms with van der Waals surface area (Å²) in [4.78, 5) is 13.3. The predicted octanol–water partition coefficient (Wildman–Crippen LogP) is 3.88. The largest absolute Gasteiger partial charge is 0.378 e. The molecule has 0 radical (unpaired) electrons. The third-order valence-corrected chi connectivity index (χ3v) is 4.45. The van der Waals surface area contributed by atoms with E-state index < -0.39 is 0 Å². The summed E-state index contributed by atoms with van der Waals surface area (Å²) in [5.74, 6) is 0.0358. The van der Waals surface area contributed by atoms with Gasteiger partial charge in [0.1, 0.15) is 5.82 Å². The van der Waals surface area contributed by atoms with Crippen LogP contribution in [0, 0.1) is 5.82 Å². The minimum atomic E-state index is -0.298. The van der Waals surface area contributed by atoms with Crippen LogP contribution in [0.15, 0.2) is 47.7 Å².